The standard InChI is InChI=1S/C21H21FN4O3S/c1-13-11-18(21(24-3)25-13)20(23-2)17-10-5-14(12-19(17)22)26-30(27,28)16-8-6-15(29-4)7-9-16/h5-12,25-26H,3H2,1-2,4H3/b23-20-. The molecule has 9 heteroatoms. The van der Waals surface area contributed by atoms with Crippen LogP contribution in [0.4, 0.5) is 15.9 Å². The molecule has 0 aliphatic heterocycles. The van der Waals surface area contributed by atoms with Crippen molar-refractivity contribution in [3.8, 4) is 5.75 Å². The van der Waals surface area contributed by atoms with Crippen molar-refractivity contribution < 1.29 is 17.5 Å². The van der Waals surface area contributed by atoms with E-state index >= 15 is 0 Å². The van der Waals surface area contributed by atoms with Crippen LogP contribution in [-0.2, 0) is 10.0 Å². The minimum Gasteiger partial charge on any atom is -0.497 e. The molecule has 0 saturated carbocycles. The zero-order valence-corrected chi connectivity index (χ0v) is 17.5. The number of rotatable bonds is 7. The number of aryl methyl sites for hydroxylation is 1. The lowest BCUT2D eigenvalue weighted by Crippen LogP contribution is -2.14. The van der Waals surface area contributed by atoms with Crippen LogP contribution in [0.15, 0.2) is 63.4 Å². The van der Waals surface area contributed by atoms with E-state index in [0.717, 1.165) is 11.8 Å². The molecule has 0 saturated heterocycles. The second-order valence-electron chi connectivity index (χ2n) is 6.42. The number of halogens is 1. The molecule has 2 aromatic carbocycles. The normalized spacial score (nSPS) is 11.9. The maximum absolute atomic E-state index is 14.9. The van der Waals surface area contributed by atoms with E-state index in [-0.39, 0.29) is 16.1 Å². The highest BCUT2D eigenvalue weighted by Crippen LogP contribution is 2.26. The fourth-order valence-corrected chi connectivity index (χ4v) is 4.06. The van der Waals surface area contributed by atoms with Gasteiger partial charge in [-0.1, -0.05) is 0 Å². The van der Waals surface area contributed by atoms with Gasteiger partial charge in [0.1, 0.15) is 17.4 Å². The number of aromatic amines is 1. The van der Waals surface area contributed by atoms with Gasteiger partial charge in [-0.2, -0.15) is 0 Å². The summed E-state index contributed by atoms with van der Waals surface area (Å²) in [5.74, 6) is 0.389. The summed E-state index contributed by atoms with van der Waals surface area (Å²) in [6, 6.07) is 11.7. The number of sulfonamides is 1. The molecule has 0 aliphatic rings. The van der Waals surface area contributed by atoms with Gasteiger partial charge in [0.05, 0.1) is 23.4 Å². The van der Waals surface area contributed by atoms with Crippen LogP contribution in [0.2, 0.25) is 0 Å². The summed E-state index contributed by atoms with van der Waals surface area (Å²) < 4.78 is 47.5. The fraction of sp³-hybridized carbons (Fsp3) is 0.143. The molecule has 30 heavy (non-hydrogen) atoms. The van der Waals surface area contributed by atoms with Gasteiger partial charge in [-0.05, 0) is 62.2 Å². The number of hydrogen-bond acceptors (Lipinski definition) is 5. The molecule has 0 aliphatic carbocycles. The molecule has 2 N–H and O–H groups in total. The monoisotopic (exact) mass is 428 g/mol. The topological polar surface area (TPSA) is 95.9 Å². The van der Waals surface area contributed by atoms with Crippen molar-refractivity contribution in [2.75, 3.05) is 18.9 Å². The molecule has 1 heterocycles. The van der Waals surface area contributed by atoms with Crippen molar-refractivity contribution >= 4 is 34.0 Å². The first-order chi connectivity index (χ1) is 14.3. The van der Waals surface area contributed by atoms with Crippen molar-refractivity contribution in [2.24, 2.45) is 9.98 Å². The van der Waals surface area contributed by atoms with Crippen LogP contribution in [-0.4, -0.2) is 40.0 Å². The maximum Gasteiger partial charge on any atom is 0.261 e. The molecule has 0 spiro atoms. The number of aliphatic imine (C=N–C) groups is 2. The summed E-state index contributed by atoms with van der Waals surface area (Å²) in [5.41, 5.74) is 2.13. The van der Waals surface area contributed by atoms with E-state index < -0.39 is 15.8 Å². The third-order valence-corrected chi connectivity index (χ3v) is 5.81. The molecule has 0 unspecified atom stereocenters. The number of hydrogen-bond donors (Lipinski definition) is 2. The van der Waals surface area contributed by atoms with Gasteiger partial charge in [0.15, 0.2) is 0 Å². The van der Waals surface area contributed by atoms with Crippen molar-refractivity contribution in [1.29, 1.82) is 0 Å². The van der Waals surface area contributed by atoms with Gasteiger partial charge in [0.2, 0.25) is 0 Å². The van der Waals surface area contributed by atoms with Crippen molar-refractivity contribution in [2.45, 2.75) is 11.8 Å². The highest BCUT2D eigenvalue weighted by Gasteiger charge is 2.19. The summed E-state index contributed by atoms with van der Waals surface area (Å²) in [7, 11) is -0.849. The number of H-pyrrole nitrogens is 1. The highest BCUT2D eigenvalue weighted by molar-refractivity contribution is 7.92. The minimum atomic E-state index is -3.88. The van der Waals surface area contributed by atoms with Crippen molar-refractivity contribution in [3.63, 3.8) is 0 Å². The third-order valence-electron chi connectivity index (χ3n) is 4.41. The van der Waals surface area contributed by atoms with E-state index in [9.17, 15) is 12.8 Å². The van der Waals surface area contributed by atoms with Crippen LogP contribution in [0, 0.1) is 12.7 Å². The van der Waals surface area contributed by atoms with Gasteiger partial charge in [-0.15, -0.1) is 0 Å². The average Bonchev–Trinajstić information content (AvgIpc) is 3.10. The van der Waals surface area contributed by atoms with Crippen LogP contribution >= 0.6 is 0 Å². The van der Waals surface area contributed by atoms with E-state index in [0.29, 0.717) is 22.8 Å². The third kappa shape index (κ3) is 4.25. The molecule has 0 bridgehead atoms. The van der Waals surface area contributed by atoms with E-state index in [1.165, 1.54) is 43.5 Å². The first-order valence-corrected chi connectivity index (χ1v) is 10.4. The zero-order chi connectivity index (χ0) is 21.9. The fourth-order valence-electron chi connectivity index (χ4n) is 3.01. The molecule has 7 nitrogen and oxygen atoms in total. The van der Waals surface area contributed by atoms with Crippen molar-refractivity contribution in [1.82, 2.24) is 4.98 Å². The Hall–Kier alpha value is -3.46. The number of anilines is 1. The predicted molar refractivity (Wildman–Crippen MR) is 117 cm³/mol. The quantitative estimate of drug-likeness (QED) is 0.555. The van der Waals surface area contributed by atoms with Crippen LogP contribution < -0.4 is 9.46 Å². The number of nitrogens with zero attached hydrogens (tertiary/aromatic N) is 2. The Kier molecular flexibility index (Phi) is 6.02. The number of nitrogens with one attached hydrogen (secondary N) is 2. The molecule has 0 radical (unpaired) electrons. The van der Waals surface area contributed by atoms with Crippen LogP contribution in [0.5, 0.6) is 5.75 Å². The molecule has 0 fully saturated rings. The lowest BCUT2D eigenvalue weighted by atomic mass is 10.0. The summed E-state index contributed by atoms with van der Waals surface area (Å²) in [6.07, 6.45) is 0. The Labute approximate surface area is 174 Å². The van der Waals surface area contributed by atoms with Crippen LogP contribution in [0.25, 0.3) is 0 Å². The number of ether oxygens (including phenoxy) is 1. The average molecular weight is 428 g/mol. The largest absolute Gasteiger partial charge is 0.497 e. The molecular weight excluding hydrogens is 407 g/mol. The Bertz CT molecular complexity index is 1220. The van der Waals surface area contributed by atoms with E-state index in [2.05, 4.69) is 26.4 Å². The van der Waals surface area contributed by atoms with Crippen LogP contribution in [0.1, 0.15) is 16.8 Å². The SMILES string of the molecule is C=Nc1[nH]c(C)cc1/C(=N\C)c1ccc(NS(=O)(=O)c2ccc(OC)cc2)cc1F. The Morgan fingerprint density at radius 1 is 1.13 bits per heavy atom. The van der Waals surface area contributed by atoms with Crippen molar-refractivity contribution in [3.05, 3.63) is 71.2 Å². The molecule has 156 valence electrons. The van der Waals surface area contributed by atoms with Gasteiger partial charge in [-0.25, -0.2) is 17.8 Å². The number of aromatic nitrogens is 1. The summed E-state index contributed by atoms with van der Waals surface area (Å²) in [5, 5.41) is 0. The molecular formula is C21H21FN4O3S. The second kappa shape index (κ2) is 8.50. The highest BCUT2D eigenvalue weighted by atomic mass is 32.2. The number of methoxy groups -OCH3 is 1. The van der Waals surface area contributed by atoms with Gasteiger partial charge in [0.25, 0.3) is 10.0 Å². The predicted octanol–water partition coefficient (Wildman–Crippen LogP) is 4.07. The van der Waals surface area contributed by atoms with Gasteiger partial charge in [-0.3, -0.25) is 9.71 Å². The number of benzene rings is 2. The first kappa shape index (κ1) is 21.3. The van der Waals surface area contributed by atoms with E-state index in [4.69, 9.17) is 4.74 Å². The van der Waals surface area contributed by atoms with Gasteiger partial charge in [0, 0.05) is 23.9 Å². The smallest absolute Gasteiger partial charge is 0.261 e. The Morgan fingerprint density at radius 3 is 2.40 bits per heavy atom. The first-order valence-electron chi connectivity index (χ1n) is 8.89. The van der Waals surface area contributed by atoms with E-state index in [1.807, 2.05) is 6.92 Å². The van der Waals surface area contributed by atoms with Gasteiger partial charge >= 0.3 is 0 Å². The van der Waals surface area contributed by atoms with Crippen LogP contribution in [0.3, 0.4) is 0 Å². The summed E-state index contributed by atoms with van der Waals surface area (Å²) >= 11 is 0. The van der Waals surface area contributed by atoms with E-state index in [1.54, 1.807) is 13.1 Å². The second-order valence-corrected chi connectivity index (χ2v) is 8.10. The molecule has 0 amide bonds. The maximum atomic E-state index is 14.9. The summed E-state index contributed by atoms with van der Waals surface area (Å²) in [6.45, 7) is 5.36. The summed E-state index contributed by atoms with van der Waals surface area (Å²) in [4.78, 5) is 11.2. The van der Waals surface area contributed by atoms with Gasteiger partial charge < -0.3 is 9.72 Å². The zero-order valence-electron chi connectivity index (χ0n) is 16.7. The lowest BCUT2D eigenvalue weighted by Gasteiger charge is -2.11. The molecule has 0 atom stereocenters. The lowest BCUT2D eigenvalue weighted by molar-refractivity contribution is 0.414. The Morgan fingerprint density at radius 2 is 1.83 bits per heavy atom. The molecule has 3 aromatic rings. The molecule has 1 aromatic heterocycles. The minimum absolute atomic E-state index is 0.0353. The Balaban J connectivity index is 1.91. The molecule has 3 rings (SSSR count).